The minimum Gasteiger partial charge on any atom is -0.464 e. The highest BCUT2D eigenvalue weighted by molar-refractivity contribution is 5.89. The van der Waals surface area contributed by atoms with Gasteiger partial charge in [-0.3, -0.25) is 4.79 Å². The highest BCUT2D eigenvalue weighted by Gasteiger charge is 2.20. The zero-order chi connectivity index (χ0) is 17.4. The number of carbonyl (C=O) groups is 1. The van der Waals surface area contributed by atoms with Crippen molar-refractivity contribution < 1.29 is 9.53 Å². The van der Waals surface area contributed by atoms with Gasteiger partial charge in [-0.05, 0) is 12.0 Å². The van der Waals surface area contributed by atoms with Gasteiger partial charge in [0, 0.05) is 17.3 Å². The molecule has 0 saturated carbocycles. The molecule has 0 spiro atoms. The lowest BCUT2D eigenvalue weighted by molar-refractivity contribution is 0.0595. The number of hydrogen-bond acceptors (Lipinski definition) is 5. The summed E-state index contributed by atoms with van der Waals surface area (Å²) in [6, 6.07) is 3.60. The molecular formula is C16H15N5O3. The van der Waals surface area contributed by atoms with Crippen molar-refractivity contribution in [3.05, 3.63) is 45.6 Å². The summed E-state index contributed by atoms with van der Waals surface area (Å²) in [5, 5.41) is 13.2. The number of hydrogen-bond donors (Lipinski definition) is 2. The van der Waals surface area contributed by atoms with Crippen LogP contribution in [0.3, 0.4) is 0 Å². The molecule has 24 heavy (non-hydrogen) atoms. The maximum atomic E-state index is 12.8. The third-order valence-electron chi connectivity index (χ3n) is 3.78. The van der Waals surface area contributed by atoms with E-state index in [9.17, 15) is 14.9 Å². The van der Waals surface area contributed by atoms with Gasteiger partial charge in [0.05, 0.1) is 19.0 Å². The van der Waals surface area contributed by atoms with E-state index in [0.29, 0.717) is 22.5 Å². The van der Waals surface area contributed by atoms with Gasteiger partial charge in [-0.25, -0.2) is 4.79 Å². The van der Waals surface area contributed by atoms with E-state index in [0.717, 1.165) is 0 Å². The van der Waals surface area contributed by atoms with Crippen LogP contribution in [0.1, 0.15) is 41.4 Å². The number of H-pyrrole nitrogens is 2. The maximum Gasteiger partial charge on any atom is 0.354 e. The lowest BCUT2D eigenvalue weighted by Crippen LogP contribution is -2.22. The molecule has 0 aliphatic heterocycles. The van der Waals surface area contributed by atoms with E-state index in [1.807, 2.05) is 19.9 Å². The first kappa shape index (κ1) is 15.6. The van der Waals surface area contributed by atoms with Crippen LogP contribution >= 0.6 is 0 Å². The van der Waals surface area contributed by atoms with Gasteiger partial charge in [-0.1, -0.05) is 13.8 Å². The number of ether oxygens (including phenoxy) is 1. The molecular weight excluding hydrogens is 310 g/mol. The maximum absolute atomic E-state index is 12.8. The van der Waals surface area contributed by atoms with Crippen LogP contribution in [0.15, 0.2) is 23.3 Å². The zero-order valence-electron chi connectivity index (χ0n) is 13.4. The lowest BCUT2D eigenvalue weighted by atomic mass is 9.99. The van der Waals surface area contributed by atoms with E-state index in [4.69, 9.17) is 0 Å². The van der Waals surface area contributed by atoms with Crippen LogP contribution in [0, 0.1) is 11.3 Å². The molecule has 0 amide bonds. The molecule has 3 aromatic heterocycles. The SMILES string of the molecule is COC(=O)c1cc(-c2[nH]c3c(C#N)cnn3c(=O)c2C(C)C)c[nH]1. The number of nitriles is 1. The molecule has 0 atom stereocenters. The minimum absolute atomic E-state index is 0.0839. The van der Waals surface area contributed by atoms with Crippen LogP contribution < -0.4 is 5.56 Å². The van der Waals surface area contributed by atoms with Gasteiger partial charge in [0.15, 0.2) is 5.65 Å². The molecule has 0 saturated heterocycles. The third kappa shape index (κ3) is 2.27. The molecule has 8 heteroatoms. The summed E-state index contributed by atoms with van der Waals surface area (Å²) in [6.07, 6.45) is 2.96. The molecule has 3 aromatic rings. The van der Waals surface area contributed by atoms with Gasteiger partial charge < -0.3 is 14.7 Å². The predicted octanol–water partition coefficient (Wildman–Crippen LogP) is 1.80. The highest BCUT2D eigenvalue weighted by Crippen LogP contribution is 2.26. The van der Waals surface area contributed by atoms with Gasteiger partial charge in [-0.2, -0.15) is 14.9 Å². The Morgan fingerprint density at radius 1 is 1.46 bits per heavy atom. The number of fused-ring (bicyclic) bond motifs is 1. The molecule has 0 bridgehead atoms. The van der Waals surface area contributed by atoms with E-state index >= 15 is 0 Å². The van der Waals surface area contributed by atoms with Crippen LogP contribution in [0.4, 0.5) is 0 Å². The molecule has 0 fully saturated rings. The minimum atomic E-state index is -0.502. The fourth-order valence-corrected chi connectivity index (χ4v) is 2.64. The van der Waals surface area contributed by atoms with Crippen molar-refractivity contribution in [2.24, 2.45) is 0 Å². The van der Waals surface area contributed by atoms with Gasteiger partial charge >= 0.3 is 5.97 Å². The van der Waals surface area contributed by atoms with Gasteiger partial charge in [0.25, 0.3) is 5.56 Å². The average Bonchev–Trinajstić information content (AvgIpc) is 3.20. The Bertz CT molecular complexity index is 1030. The molecule has 0 radical (unpaired) electrons. The van der Waals surface area contributed by atoms with Crippen molar-refractivity contribution in [2.75, 3.05) is 7.11 Å². The van der Waals surface area contributed by atoms with Crippen LogP contribution in [0.5, 0.6) is 0 Å². The normalized spacial score (nSPS) is 11.0. The monoisotopic (exact) mass is 325 g/mol. The lowest BCUT2D eigenvalue weighted by Gasteiger charge is -2.11. The molecule has 8 nitrogen and oxygen atoms in total. The second kappa shape index (κ2) is 5.70. The van der Waals surface area contributed by atoms with Crippen molar-refractivity contribution >= 4 is 11.6 Å². The highest BCUT2D eigenvalue weighted by atomic mass is 16.5. The largest absolute Gasteiger partial charge is 0.464 e. The Hall–Kier alpha value is -3.34. The first-order chi connectivity index (χ1) is 11.5. The Balaban J connectivity index is 2.31. The molecule has 0 aliphatic rings. The van der Waals surface area contributed by atoms with E-state index < -0.39 is 5.97 Å². The average molecular weight is 325 g/mol. The van der Waals surface area contributed by atoms with Gasteiger partial charge in [0.1, 0.15) is 17.3 Å². The van der Waals surface area contributed by atoms with E-state index in [2.05, 4.69) is 19.8 Å². The smallest absolute Gasteiger partial charge is 0.354 e. The Morgan fingerprint density at radius 2 is 2.21 bits per heavy atom. The Kier molecular flexibility index (Phi) is 3.69. The van der Waals surface area contributed by atoms with Gasteiger partial charge in [0.2, 0.25) is 0 Å². The van der Waals surface area contributed by atoms with Crippen molar-refractivity contribution in [2.45, 2.75) is 19.8 Å². The van der Waals surface area contributed by atoms with Crippen LogP contribution in [0.25, 0.3) is 16.9 Å². The topological polar surface area (TPSA) is 116 Å². The number of aromatic amines is 2. The molecule has 0 aliphatic carbocycles. The molecule has 0 unspecified atom stereocenters. The summed E-state index contributed by atoms with van der Waals surface area (Å²) >= 11 is 0. The quantitative estimate of drug-likeness (QED) is 0.712. The van der Waals surface area contributed by atoms with E-state index in [1.54, 1.807) is 12.3 Å². The number of methoxy groups -OCH3 is 1. The number of carbonyl (C=O) groups excluding carboxylic acids is 1. The standard InChI is InChI=1S/C16H15N5O3/c1-8(2)12-13(9-4-11(18-6-9)16(23)24-3)20-14-10(5-17)7-19-21(14)15(12)22/h4,6-8,18,20H,1-3H3. The molecule has 3 rings (SSSR count). The van der Waals surface area contributed by atoms with Crippen molar-refractivity contribution in [1.29, 1.82) is 5.26 Å². The van der Waals surface area contributed by atoms with Crippen LogP contribution in [0.2, 0.25) is 0 Å². The van der Waals surface area contributed by atoms with E-state index in [1.165, 1.54) is 17.8 Å². The van der Waals surface area contributed by atoms with E-state index in [-0.39, 0.29) is 22.7 Å². The summed E-state index contributed by atoms with van der Waals surface area (Å²) in [5.74, 6) is -0.586. The Morgan fingerprint density at radius 3 is 2.83 bits per heavy atom. The molecule has 0 aromatic carbocycles. The van der Waals surface area contributed by atoms with Crippen molar-refractivity contribution in [1.82, 2.24) is 19.6 Å². The summed E-state index contributed by atoms with van der Waals surface area (Å²) in [5.41, 5.74) is 2.27. The van der Waals surface area contributed by atoms with Crippen LogP contribution in [-0.2, 0) is 4.74 Å². The first-order valence-electron chi connectivity index (χ1n) is 7.29. The number of aromatic nitrogens is 4. The fraction of sp³-hybridized carbons (Fsp3) is 0.250. The summed E-state index contributed by atoms with van der Waals surface area (Å²) < 4.78 is 5.87. The predicted molar refractivity (Wildman–Crippen MR) is 85.7 cm³/mol. The zero-order valence-corrected chi connectivity index (χ0v) is 13.4. The van der Waals surface area contributed by atoms with Crippen molar-refractivity contribution in [3.63, 3.8) is 0 Å². The van der Waals surface area contributed by atoms with Crippen molar-refractivity contribution in [3.8, 4) is 17.3 Å². The summed E-state index contributed by atoms with van der Waals surface area (Å²) in [4.78, 5) is 30.3. The molecule has 122 valence electrons. The summed E-state index contributed by atoms with van der Waals surface area (Å²) in [6.45, 7) is 3.78. The molecule has 3 heterocycles. The van der Waals surface area contributed by atoms with Gasteiger partial charge in [-0.15, -0.1) is 0 Å². The molecule has 2 N–H and O–H groups in total. The third-order valence-corrected chi connectivity index (χ3v) is 3.78. The fourth-order valence-electron chi connectivity index (χ4n) is 2.64. The first-order valence-corrected chi connectivity index (χ1v) is 7.29. The number of nitrogens with zero attached hydrogens (tertiary/aromatic N) is 3. The Labute approximate surface area is 136 Å². The number of rotatable bonds is 3. The summed E-state index contributed by atoms with van der Waals surface area (Å²) in [7, 11) is 1.29. The number of esters is 1. The van der Waals surface area contributed by atoms with Crippen LogP contribution in [-0.4, -0.2) is 32.7 Å². The number of nitrogens with one attached hydrogen (secondary N) is 2. The second-order valence-electron chi connectivity index (χ2n) is 5.60. The second-order valence-corrected chi connectivity index (χ2v) is 5.60.